The molecule has 2 nitrogen and oxygen atoms in total. The van der Waals surface area contributed by atoms with Crippen LogP contribution in [0.3, 0.4) is 0 Å². The van der Waals surface area contributed by atoms with Gasteiger partial charge in [-0.1, -0.05) is 27.7 Å². The van der Waals surface area contributed by atoms with E-state index in [1.807, 2.05) is 6.07 Å². The van der Waals surface area contributed by atoms with Gasteiger partial charge in [-0.2, -0.15) is 0 Å². The van der Waals surface area contributed by atoms with Crippen molar-refractivity contribution in [1.29, 1.82) is 0 Å². The highest BCUT2D eigenvalue weighted by atomic mass is 79.9. The molecule has 4 heteroatoms. The van der Waals surface area contributed by atoms with Crippen molar-refractivity contribution in [3.05, 3.63) is 28.0 Å². The van der Waals surface area contributed by atoms with E-state index in [2.05, 4.69) is 48.9 Å². The lowest BCUT2D eigenvalue weighted by atomic mass is 9.78. The van der Waals surface area contributed by atoms with Crippen LogP contribution < -0.4 is 10.1 Å². The van der Waals surface area contributed by atoms with Gasteiger partial charge in [-0.15, -0.1) is 0 Å². The number of nitrogens with one attached hydrogen (secondary N) is 1. The first-order valence-corrected chi connectivity index (χ1v) is 7.93. The molecule has 0 bridgehead atoms. The molecule has 0 aliphatic heterocycles. The lowest BCUT2D eigenvalue weighted by Crippen LogP contribution is -2.34. The van der Waals surface area contributed by atoms with Crippen molar-refractivity contribution in [2.45, 2.75) is 46.6 Å². The zero-order valence-electron chi connectivity index (χ0n) is 13.0. The summed E-state index contributed by atoms with van der Waals surface area (Å²) >= 11 is 3.28. The summed E-state index contributed by atoms with van der Waals surface area (Å²) in [5, 5.41) is 3.58. The lowest BCUT2D eigenvalue weighted by Gasteiger charge is -2.35. The van der Waals surface area contributed by atoms with Gasteiger partial charge in [0.15, 0.2) is 0 Å². The van der Waals surface area contributed by atoms with Gasteiger partial charge in [0.1, 0.15) is 11.6 Å². The predicted molar refractivity (Wildman–Crippen MR) is 85.8 cm³/mol. The van der Waals surface area contributed by atoms with E-state index in [-0.39, 0.29) is 17.3 Å². The van der Waals surface area contributed by atoms with Crippen molar-refractivity contribution in [2.75, 3.05) is 13.7 Å². The van der Waals surface area contributed by atoms with Crippen LogP contribution in [0.25, 0.3) is 0 Å². The summed E-state index contributed by atoms with van der Waals surface area (Å²) in [5.74, 6) is 0.301. The average molecular weight is 346 g/mol. The summed E-state index contributed by atoms with van der Waals surface area (Å²) in [6.07, 6.45) is 2.08. The van der Waals surface area contributed by atoms with Gasteiger partial charge >= 0.3 is 0 Å². The van der Waals surface area contributed by atoms with Crippen LogP contribution in [0.2, 0.25) is 0 Å². The minimum absolute atomic E-state index is 0.0553. The average Bonchev–Trinajstić information content (AvgIpc) is 2.42. The molecule has 20 heavy (non-hydrogen) atoms. The van der Waals surface area contributed by atoms with E-state index < -0.39 is 0 Å². The molecule has 0 saturated carbocycles. The Bertz CT molecular complexity index is 448. The van der Waals surface area contributed by atoms with Crippen molar-refractivity contribution >= 4 is 15.9 Å². The van der Waals surface area contributed by atoms with Crippen LogP contribution in [-0.2, 0) is 0 Å². The Morgan fingerprint density at radius 2 is 2.00 bits per heavy atom. The maximum Gasteiger partial charge on any atom is 0.141 e. The second kappa shape index (κ2) is 7.41. The van der Waals surface area contributed by atoms with Crippen molar-refractivity contribution < 1.29 is 9.13 Å². The zero-order chi connectivity index (χ0) is 15.3. The van der Waals surface area contributed by atoms with Crippen LogP contribution in [0.15, 0.2) is 16.6 Å². The molecule has 1 N–H and O–H groups in total. The van der Waals surface area contributed by atoms with E-state index in [9.17, 15) is 4.39 Å². The van der Waals surface area contributed by atoms with E-state index >= 15 is 0 Å². The van der Waals surface area contributed by atoms with Gasteiger partial charge in [0.25, 0.3) is 0 Å². The molecule has 0 spiro atoms. The van der Waals surface area contributed by atoms with Gasteiger partial charge in [-0.05, 0) is 46.8 Å². The molecule has 1 atom stereocenters. The number of halogens is 2. The molecule has 0 aliphatic carbocycles. The number of hydrogen-bond donors (Lipinski definition) is 1. The number of benzene rings is 1. The van der Waals surface area contributed by atoms with Gasteiger partial charge in [-0.25, -0.2) is 4.39 Å². The minimum atomic E-state index is -0.297. The fourth-order valence-corrected chi connectivity index (χ4v) is 2.61. The maximum atomic E-state index is 13.7. The van der Waals surface area contributed by atoms with E-state index in [1.165, 1.54) is 6.07 Å². The first-order valence-electron chi connectivity index (χ1n) is 7.13. The molecule has 0 heterocycles. The third kappa shape index (κ3) is 3.95. The number of ether oxygens (including phenoxy) is 1. The van der Waals surface area contributed by atoms with Crippen molar-refractivity contribution in [3.63, 3.8) is 0 Å². The Morgan fingerprint density at radius 1 is 1.35 bits per heavy atom. The Kier molecular flexibility index (Phi) is 6.46. The summed E-state index contributed by atoms with van der Waals surface area (Å²) in [6.45, 7) is 9.67. The molecular weight excluding hydrogens is 321 g/mol. The van der Waals surface area contributed by atoms with Gasteiger partial charge < -0.3 is 10.1 Å². The summed E-state index contributed by atoms with van der Waals surface area (Å²) < 4.78 is 19.5. The molecule has 1 rings (SSSR count). The highest BCUT2D eigenvalue weighted by Gasteiger charge is 2.31. The van der Waals surface area contributed by atoms with Crippen LogP contribution in [0.4, 0.5) is 4.39 Å². The lowest BCUT2D eigenvalue weighted by molar-refractivity contribution is 0.229. The molecule has 0 aliphatic rings. The van der Waals surface area contributed by atoms with Crippen LogP contribution in [-0.4, -0.2) is 13.7 Å². The molecule has 0 fully saturated rings. The van der Waals surface area contributed by atoms with E-state index in [0.717, 1.165) is 24.9 Å². The van der Waals surface area contributed by atoms with E-state index in [4.69, 9.17) is 4.74 Å². The molecule has 1 aromatic rings. The van der Waals surface area contributed by atoms with Gasteiger partial charge in [0.2, 0.25) is 0 Å². The van der Waals surface area contributed by atoms with Crippen LogP contribution >= 0.6 is 15.9 Å². The second-order valence-corrected chi connectivity index (χ2v) is 6.59. The first kappa shape index (κ1) is 17.4. The Balaban J connectivity index is 3.29. The van der Waals surface area contributed by atoms with Gasteiger partial charge in [0.05, 0.1) is 11.6 Å². The summed E-state index contributed by atoms with van der Waals surface area (Å²) in [5.41, 5.74) is 1.06. The monoisotopic (exact) mass is 345 g/mol. The topological polar surface area (TPSA) is 21.3 Å². The standard InChI is InChI=1S/C16H25BrFNO/c1-6-8-19-15(16(3,4)7-2)11-9-12(17)13(18)10-14(11)20-5/h9-10,15,19H,6-8H2,1-5H3. The summed E-state index contributed by atoms with van der Waals surface area (Å²) in [6, 6.07) is 3.41. The van der Waals surface area contributed by atoms with Gasteiger partial charge in [0, 0.05) is 17.7 Å². The molecule has 0 saturated heterocycles. The Morgan fingerprint density at radius 3 is 2.50 bits per heavy atom. The fourth-order valence-electron chi connectivity index (χ4n) is 2.25. The Hall–Kier alpha value is -0.610. The number of hydrogen-bond acceptors (Lipinski definition) is 2. The van der Waals surface area contributed by atoms with Crippen LogP contribution in [0, 0.1) is 11.2 Å². The van der Waals surface area contributed by atoms with Crippen molar-refractivity contribution in [1.82, 2.24) is 5.32 Å². The molecule has 0 aromatic heterocycles. The molecule has 1 aromatic carbocycles. The molecular formula is C16H25BrFNO. The van der Waals surface area contributed by atoms with Crippen molar-refractivity contribution in [2.24, 2.45) is 5.41 Å². The molecule has 1 unspecified atom stereocenters. The minimum Gasteiger partial charge on any atom is -0.496 e. The molecule has 0 radical (unpaired) electrons. The third-order valence-corrected chi connectivity index (χ3v) is 4.48. The number of methoxy groups -OCH3 is 1. The quantitative estimate of drug-likeness (QED) is 0.744. The largest absolute Gasteiger partial charge is 0.496 e. The maximum absolute atomic E-state index is 13.7. The summed E-state index contributed by atoms with van der Waals surface area (Å²) in [4.78, 5) is 0. The number of rotatable bonds is 7. The normalized spacial score (nSPS) is 13.3. The van der Waals surface area contributed by atoms with E-state index in [0.29, 0.717) is 10.2 Å². The highest BCUT2D eigenvalue weighted by molar-refractivity contribution is 9.10. The van der Waals surface area contributed by atoms with Crippen LogP contribution in [0.1, 0.15) is 52.1 Å². The van der Waals surface area contributed by atoms with Crippen molar-refractivity contribution in [3.8, 4) is 5.75 Å². The third-order valence-electron chi connectivity index (χ3n) is 3.87. The Labute approximate surface area is 130 Å². The van der Waals surface area contributed by atoms with E-state index in [1.54, 1.807) is 7.11 Å². The summed E-state index contributed by atoms with van der Waals surface area (Å²) in [7, 11) is 1.59. The first-order chi connectivity index (χ1) is 9.37. The smallest absolute Gasteiger partial charge is 0.141 e. The predicted octanol–water partition coefficient (Wildman–Crippen LogP) is 5.07. The second-order valence-electron chi connectivity index (χ2n) is 5.74. The molecule has 114 valence electrons. The fraction of sp³-hybridized carbons (Fsp3) is 0.625. The van der Waals surface area contributed by atoms with Crippen LogP contribution in [0.5, 0.6) is 5.75 Å². The zero-order valence-corrected chi connectivity index (χ0v) is 14.6. The van der Waals surface area contributed by atoms with Gasteiger partial charge in [-0.3, -0.25) is 0 Å². The highest BCUT2D eigenvalue weighted by Crippen LogP contribution is 2.41. The molecule has 0 amide bonds. The SMILES string of the molecule is CCCNC(c1cc(Br)c(F)cc1OC)C(C)(C)CC.